The molecule has 1 aromatic heterocycles. The summed E-state index contributed by atoms with van der Waals surface area (Å²) in [5.74, 6) is 0. The molecule has 1 unspecified atom stereocenters. The molecule has 2 N–H and O–H groups in total. The second-order valence-electron chi connectivity index (χ2n) is 4.33. The molecular formula is C13H15BrClN3. The van der Waals surface area contributed by atoms with Crippen molar-refractivity contribution in [2.45, 2.75) is 18.9 Å². The van der Waals surface area contributed by atoms with Crippen LogP contribution in [0.4, 0.5) is 0 Å². The van der Waals surface area contributed by atoms with E-state index in [1.165, 1.54) is 5.56 Å². The molecule has 1 aromatic carbocycles. The lowest BCUT2D eigenvalue weighted by Gasteiger charge is -2.13. The standard InChI is InChI=1S/C13H15BrClN3/c1-18-8-9(7-17-18)2-5-13(16)11-4-3-10(15)6-12(11)14/h3-4,6-8,13H,2,5,16H2,1H3. The smallest absolute Gasteiger partial charge is 0.0521 e. The van der Waals surface area contributed by atoms with Crippen molar-refractivity contribution in [3.8, 4) is 0 Å². The molecule has 96 valence electrons. The molecular weight excluding hydrogens is 314 g/mol. The van der Waals surface area contributed by atoms with Gasteiger partial charge in [-0.1, -0.05) is 33.6 Å². The number of hydrogen-bond donors (Lipinski definition) is 1. The van der Waals surface area contributed by atoms with Gasteiger partial charge in [-0.05, 0) is 36.1 Å². The van der Waals surface area contributed by atoms with Crippen LogP contribution in [0.25, 0.3) is 0 Å². The van der Waals surface area contributed by atoms with Crippen LogP contribution in [0.3, 0.4) is 0 Å². The molecule has 0 spiro atoms. The third kappa shape index (κ3) is 3.34. The summed E-state index contributed by atoms with van der Waals surface area (Å²) in [5, 5.41) is 4.86. The summed E-state index contributed by atoms with van der Waals surface area (Å²) in [5.41, 5.74) is 8.49. The van der Waals surface area contributed by atoms with Gasteiger partial charge in [0, 0.05) is 28.8 Å². The average Bonchev–Trinajstić information content (AvgIpc) is 2.72. The molecule has 0 saturated carbocycles. The van der Waals surface area contributed by atoms with Crippen molar-refractivity contribution in [2.24, 2.45) is 12.8 Å². The number of halogens is 2. The summed E-state index contributed by atoms with van der Waals surface area (Å²) >= 11 is 9.41. The number of aromatic nitrogens is 2. The summed E-state index contributed by atoms with van der Waals surface area (Å²) in [6, 6.07) is 5.71. The van der Waals surface area contributed by atoms with Gasteiger partial charge in [-0.25, -0.2) is 0 Å². The Hall–Kier alpha value is -0.840. The minimum absolute atomic E-state index is 0.00292. The van der Waals surface area contributed by atoms with E-state index in [1.807, 2.05) is 37.6 Å². The van der Waals surface area contributed by atoms with Crippen LogP contribution >= 0.6 is 27.5 Å². The third-order valence-electron chi connectivity index (χ3n) is 2.86. The third-order valence-corrected chi connectivity index (χ3v) is 3.79. The Bertz CT molecular complexity index is 539. The largest absolute Gasteiger partial charge is 0.324 e. The first-order valence-electron chi connectivity index (χ1n) is 5.74. The molecule has 0 bridgehead atoms. The normalized spacial score (nSPS) is 12.7. The molecule has 2 rings (SSSR count). The molecule has 18 heavy (non-hydrogen) atoms. The van der Waals surface area contributed by atoms with E-state index >= 15 is 0 Å². The monoisotopic (exact) mass is 327 g/mol. The van der Waals surface area contributed by atoms with Gasteiger partial charge in [-0.3, -0.25) is 4.68 Å². The van der Waals surface area contributed by atoms with Crippen LogP contribution in [-0.4, -0.2) is 9.78 Å². The van der Waals surface area contributed by atoms with E-state index in [9.17, 15) is 0 Å². The highest BCUT2D eigenvalue weighted by atomic mass is 79.9. The lowest BCUT2D eigenvalue weighted by Crippen LogP contribution is -2.11. The van der Waals surface area contributed by atoms with Crippen LogP contribution in [0.1, 0.15) is 23.6 Å². The van der Waals surface area contributed by atoms with E-state index in [0.29, 0.717) is 5.02 Å². The van der Waals surface area contributed by atoms with Crippen LogP contribution in [0, 0.1) is 0 Å². The SMILES string of the molecule is Cn1cc(CCC(N)c2ccc(Cl)cc2Br)cn1. The lowest BCUT2D eigenvalue weighted by atomic mass is 10.0. The molecule has 0 aliphatic rings. The van der Waals surface area contributed by atoms with Crippen LogP contribution in [-0.2, 0) is 13.5 Å². The first kappa shape index (κ1) is 13.6. The predicted molar refractivity (Wildman–Crippen MR) is 77.6 cm³/mol. The summed E-state index contributed by atoms with van der Waals surface area (Å²) < 4.78 is 2.77. The van der Waals surface area contributed by atoms with Gasteiger partial charge in [-0.15, -0.1) is 0 Å². The van der Waals surface area contributed by atoms with E-state index < -0.39 is 0 Å². The van der Waals surface area contributed by atoms with Crippen molar-refractivity contribution in [2.75, 3.05) is 0 Å². The Morgan fingerprint density at radius 1 is 1.50 bits per heavy atom. The molecule has 0 aliphatic carbocycles. The lowest BCUT2D eigenvalue weighted by molar-refractivity contribution is 0.648. The summed E-state index contributed by atoms with van der Waals surface area (Å²) in [7, 11) is 1.92. The van der Waals surface area contributed by atoms with Gasteiger partial charge < -0.3 is 5.73 Å². The molecule has 1 heterocycles. The highest BCUT2D eigenvalue weighted by Crippen LogP contribution is 2.27. The van der Waals surface area contributed by atoms with Crippen molar-refractivity contribution in [3.63, 3.8) is 0 Å². The van der Waals surface area contributed by atoms with Gasteiger partial charge in [0.2, 0.25) is 0 Å². The molecule has 0 aliphatic heterocycles. The van der Waals surface area contributed by atoms with Crippen LogP contribution < -0.4 is 5.73 Å². The first-order valence-corrected chi connectivity index (χ1v) is 6.91. The average molecular weight is 329 g/mol. The van der Waals surface area contributed by atoms with Crippen LogP contribution in [0.5, 0.6) is 0 Å². The van der Waals surface area contributed by atoms with Gasteiger partial charge in [0.05, 0.1) is 6.20 Å². The maximum absolute atomic E-state index is 6.20. The maximum Gasteiger partial charge on any atom is 0.0521 e. The summed E-state index contributed by atoms with van der Waals surface area (Å²) in [6.07, 6.45) is 5.70. The first-order chi connectivity index (χ1) is 8.56. The minimum atomic E-state index is -0.00292. The number of aryl methyl sites for hydroxylation is 2. The molecule has 5 heteroatoms. The van der Waals surface area contributed by atoms with E-state index in [1.54, 1.807) is 4.68 Å². The van der Waals surface area contributed by atoms with E-state index in [2.05, 4.69) is 21.0 Å². The van der Waals surface area contributed by atoms with Crippen molar-refractivity contribution in [1.82, 2.24) is 9.78 Å². The molecule has 0 amide bonds. The zero-order chi connectivity index (χ0) is 13.1. The topological polar surface area (TPSA) is 43.8 Å². The van der Waals surface area contributed by atoms with E-state index in [4.69, 9.17) is 17.3 Å². The van der Waals surface area contributed by atoms with E-state index in [0.717, 1.165) is 22.9 Å². The molecule has 0 fully saturated rings. The van der Waals surface area contributed by atoms with Crippen molar-refractivity contribution in [1.29, 1.82) is 0 Å². The number of nitrogens with zero attached hydrogens (tertiary/aromatic N) is 2. The Balaban J connectivity index is 2.01. The van der Waals surface area contributed by atoms with Gasteiger partial charge in [0.1, 0.15) is 0 Å². The molecule has 2 aromatic rings. The second-order valence-corrected chi connectivity index (χ2v) is 5.62. The fourth-order valence-corrected chi connectivity index (χ4v) is 2.86. The molecule has 0 radical (unpaired) electrons. The van der Waals surface area contributed by atoms with Crippen LogP contribution in [0.15, 0.2) is 35.1 Å². The zero-order valence-corrected chi connectivity index (χ0v) is 12.4. The number of hydrogen-bond acceptors (Lipinski definition) is 2. The maximum atomic E-state index is 6.20. The Morgan fingerprint density at radius 3 is 2.89 bits per heavy atom. The molecule has 1 atom stereocenters. The number of benzene rings is 1. The van der Waals surface area contributed by atoms with Gasteiger partial charge in [0.15, 0.2) is 0 Å². The highest BCUT2D eigenvalue weighted by Gasteiger charge is 2.10. The minimum Gasteiger partial charge on any atom is -0.324 e. The second kappa shape index (κ2) is 5.87. The fourth-order valence-electron chi connectivity index (χ4n) is 1.88. The fraction of sp³-hybridized carbons (Fsp3) is 0.308. The molecule has 0 saturated heterocycles. The highest BCUT2D eigenvalue weighted by molar-refractivity contribution is 9.10. The van der Waals surface area contributed by atoms with E-state index in [-0.39, 0.29) is 6.04 Å². The van der Waals surface area contributed by atoms with Crippen LogP contribution in [0.2, 0.25) is 5.02 Å². The quantitative estimate of drug-likeness (QED) is 0.934. The van der Waals surface area contributed by atoms with Gasteiger partial charge in [0.25, 0.3) is 0 Å². The predicted octanol–water partition coefficient (Wildman–Crippen LogP) is 3.47. The zero-order valence-electron chi connectivity index (χ0n) is 10.1. The Labute approximate surface area is 120 Å². The van der Waals surface area contributed by atoms with Crippen molar-refractivity contribution < 1.29 is 0 Å². The van der Waals surface area contributed by atoms with Crippen molar-refractivity contribution >= 4 is 27.5 Å². The number of rotatable bonds is 4. The Morgan fingerprint density at radius 2 is 2.28 bits per heavy atom. The Kier molecular flexibility index (Phi) is 4.43. The van der Waals surface area contributed by atoms with Gasteiger partial charge in [-0.2, -0.15) is 5.10 Å². The van der Waals surface area contributed by atoms with Gasteiger partial charge >= 0.3 is 0 Å². The van der Waals surface area contributed by atoms with Crippen molar-refractivity contribution in [3.05, 3.63) is 51.2 Å². The molecule has 3 nitrogen and oxygen atoms in total. The number of nitrogens with two attached hydrogens (primary N) is 1. The summed E-state index contributed by atoms with van der Waals surface area (Å²) in [4.78, 5) is 0. The summed E-state index contributed by atoms with van der Waals surface area (Å²) in [6.45, 7) is 0.